The third-order valence-corrected chi connectivity index (χ3v) is 4.30. The maximum Gasteiger partial charge on any atom is 0.110 e. The standard InChI is InChI=1S/C13H18N2S/c1-13(2)6-5-10(7-13)15-9-12-4-3-11(8-14)16-12/h3-4,10,15H,5-7,9H2,1-2H3. The summed E-state index contributed by atoms with van der Waals surface area (Å²) in [6.45, 7) is 5.59. The van der Waals surface area contributed by atoms with Crippen LogP contribution < -0.4 is 5.32 Å². The van der Waals surface area contributed by atoms with Gasteiger partial charge in [0, 0.05) is 17.5 Å². The first kappa shape index (κ1) is 11.6. The molecule has 0 aromatic carbocycles. The summed E-state index contributed by atoms with van der Waals surface area (Å²) in [7, 11) is 0. The monoisotopic (exact) mass is 234 g/mol. The summed E-state index contributed by atoms with van der Waals surface area (Å²) in [6, 6.07) is 6.79. The Balaban J connectivity index is 1.82. The Bertz CT molecular complexity index is 400. The molecule has 0 saturated heterocycles. The molecule has 0 aliphatic heterocycles. The Morgan fingerprint density at radius 3 is 2.94 bits per heavy atom. The normalized spacial score (nSPS) is 23.2. The van der Waals surface area contributed by atoms with E-state index >= 15 is 0 Å². The number of nitrogens with one attached hydrogen (secondary N) is 1. The summed E-state index contributed by atoms with van der Waals surface area (Å²) in [5.41, 5.74) is 0.505. The molecule has 0 radical (unpaired) electrons. The van der Waals surface area contributed by atoms with Gasteiger partial charge in [-0.2, -0.15) is 5.26 Å². The third kappa shape index (κ3) is 2.84. The van der Waals surface area contributed by atoms with Crippen molar-refractivity contribution in [2.75, 3.05) is 0 Å². The maximum atomic E-state index is 8.74. The summed E-state index contributed by atoms with van der Waals surface area (Å²) in [6.07, 6.45) is 3.87. The first-order chi connectivity index (χ1) is 7.59. The Kier molecular flexibility index (Phi) is 3.32. The smallest absolute Gasteiger partial charge is 0.110 e. The molecule has 0 spiro atoms. The summed E-state index contributed by atoms with van der Waals surface area (Å²) in [5.74, 6) is 0. The number of hydrogen-bond acceptors (Lipinski definition) is 3. The van der Waals surface area contributed by atoms with Crippen LogP contribution in [0.25, 0.3) is 0 Å². The Morgan fingerprint density at radius 1 is 1.56 bits per heavy atom. The minimum atomic E-state index is 0.505. The van der Waals surface area contributed by atoms with Crippen LogP contribution >= 0.6 is 11.3 Å². The van der Waals surface area contributed by atoms with Gasteiger partial charge in [0.2, 0.25) is 0 Å². The van der Waals surface area contributed by atoms with E-state index in [4.69, 9.17) is 5.26 Å². The van der Waals surface area contributed by atoms with Crippen molar-refractivity contribution in [2.24, 2.45) is 5.41 Å². The molecule has 1 aromatic heterocycles. The number of nitriles is 1. The van der Waals surface area contributed by atoms with Crippen LogP contribution in [-0.2, 0) is 6.54 Å². The fourth-order valence-electron chi connectivity index (χ4n) is 2.39. The van der Waals surface area contributed by atoms with Crippen LogP contribution in [0.4, 0.5) is 0 Å². The van der Waals surface area contributed by atoms with Crippen LogP contribution in [0.15, 0.2) is 12.1 Å². The van der Waals surface area contributed by atoms with Crippen LogP contribution in [0.2, 0.25) is 0 Å². The van der Waals surface area contributed by atoms with E-state index in [-0.39, 0.29) is 0 Å². The van der Waals surface area contributed by atoms with Crippen LogP contribution in [0.1, 0.15) is 42.9 Å². The van der Waals surface area contributed by atoms with Crippen molar-refractivity contribution in [3.05, 3.63) is 21.9 Å². The molecule has 0 bridgehead atoms. The zero-order valence-corrected chi connectivity index (χ0v) is 10.7. The quantitative estimate of drug-likeness (QED) is 0.871. The lowest BCUT2D eigenvalue weighted by atomic mass is 9.92. The lowest BCUT2D eigenvalue weighted by molar-refractivity contribution is 0.364. The molecular weight excluding hydrogens is 216 g/mol. The molecular formula is C13H18N2S. The van der Waals surface area contributed by atoms with Crippen molar-refractivity contribution < 1.29 is 0 Å². The summed E-state index contributed by atoms with van der Waals surface area (Å²) >= 11 is 1.59. The van der Waals surface area contributed by atoms with Gasteiger partial charge in [-0.15, -0.1) is 11.3 Å². The fraction of sp³-hybridized carbons (Fsp3) is 0.615. The van der Waals surface area contributed by atoms with Crippen LogP contribution in [-0.4, -0.2) is 6.04 Å². The highest BCUT2D eigenvalue weighted by molar-refractivity contribution is 7.12. The van der Waals surface area contributed by atoms with E-state index in [1.54, 1.807) is 11.3 Å². The second kappa shape index (κ2) is 4.57. The van der Waals surface area contributed by atoms with Crippen LogP contribution in [0, 0.1) is 16.7 Å². The number of hydrogen-bond donors (Lipinski definition) is 1. The molecule has 1 aliphatic rings. The molecule has 16 heavy (non-hydrogen) atoms. The van der Waals surface area contributed by atoms with Crippen molar-refractivity contribution in [2.45, 2.75) is 45.7 Å². The lowest BCUT2D eigenvalue weighted by Crippen LogP contribution is -2.26. The van der Waals surface area contributed by atoms with Gasteiger partial charge in [-0.1, -0.05) is 13.8 Å². The average molecular weight is 234 g/mol. The highest BCUT2D eigenvalue weighted by Crippen LogP contribution is 2.37. The van der Waals surface area contributed by atoms with E-state index in [0.29, 0.717) is 11.5 Å². The molecule has 1 unspecified atom stereocenters. The Morgan fingerprint density at radius 2 is 2.38 bits per heavy atom. The molecule has 1 atom stereocenters. The van der Waals surface area contributed by atoms with Crippen LogP contribution in [0.3, 0.4) is 0 Å². The van der Waals surface area contributed by atoms with E-state index in [9.17, 15) is 0 Å². The molecule has 86 valence electrons. The Labute approximate surface area is 101 Å². The lowest BCUT2D eigenvalue weighted by Gasteiger charge is -2.17. The zero-order chi connectivity index (χ0) is 11.6. The van der Waals surface area contributed by atoms with E-state index < -0.39 is 0 Å². The molecule has 3 heteroatoms. The predicted octanol–water partition coefficient (Wildman–Crippen LogP) is 3.29. The summed E-state index contributed by atoms with van der Waals surface area (Å²) in [4.78, 5) is 2.07. The second-order valence-corrected chi connectivity index (χ2v) is 6.53. The number of nitrogens with zero attached hydrogens (tertiary/aromatic N) is 1. The Hall–Kier alpha value is -0.850. The first-order valence-corrected chi connectivity index (χ1v) is 6.63. The van der Waals surface area contributed by atoms with Gasteiger partial charge in [0.25, 0.3) is 0 Å². The van der Waals surface area contributed by atoms with Crippen LogP contribution in [0.5, 0.6) is 0 Å². The van der Waals surface area contributed by atoms with Crippen molar-refractivity contribution in [3.8, 4) is 6.07 Å². The molecule has 0 amide bonds. The molecule has 2 nitrogen and oxygen atoms in total. The molecule has 1 heterocycles. The third-order valence-electron chi connectivity index (χ3n) is 3.31. The van der Waals surface area contributed by atoms with Crippen molar-refractivity contribution in [1.82, 2.24) is 5.32 Å². The van der Waals surface area contributed by atoms with E-state index in [1.807, 2.05) is 6.07 Å². The van der Waals surface area contributed by atoms with Gasteiger partial charge in [-0.3, -0.25) is 0 Å². The molecule has 1 fully saturated rings. The number of thiophene rings is 1. The van der Waals surface area contributed by atoms with Crippen molar-refractivity contribution in [1.29, 1.82) is 5.26 Å². The van der Waals surface area contributed by atoms with Gasteiger partial charge in [0.15, 0.2) is 0 Å². The van der Waals surface area contributed by atoms with E-state index in [0.717, 1.165) is 11.4 Å². The molecule has 1 saturated carbocycles. The highest BCUT2D eigenvalue weighted by Gasteiger charge is 2.30. The van der Waals surface area contributed by atoms with E-state index in [1.165, 1.54) is 24.1 Å². The maximum absolute atomic E-state index is 8.74. The molecule has 2 rings (SSSR count). The molecule has 1 aromatic rings. The topological polar surface area (TPSA) is 35.8 Å². The van der Waals surface area contributed by atoms with Gasteiger partial charge >= 0.3 is 0 Å². The van der Waals surface area contributed by atoms with Gasteiger partial charge in [0.05, 0.1) is 0 Å². The minimum absolute atomic E-state index is 0.505. The van der Waals surface area contributed by atoms with Gasteiger partial charge in [-0.25, -0.2) is 0 Å². The van der Waals surface area contributed by atoms with Gasteiger partial charge in [-0.05, 0) is 36.8 Å². The molecule has 1 N–H and O–H groups in total. The largest absolute Gasteiger partial charge is 0.309 e. The van der Waals surface area contributed by atoms with Crippen molar-refractivity contribution in [3.63, 3.8) is 0 Å². The summed E-state index contributed by atoms with van der Waals surface area (Å²) in [5, 5.41) is 12.3. The van der Waals surface area contributed by atoms with E-state index in [2.05, 4.69) is 31.3 Å². The van der Waals surface area contributed by atoms with Gasteiger partial charge < -0.3 is 5.32 Å². The SMILES string of the molecule is CC1(C)CCC(NCc2ccc(C#N)s2)C1. The average Bonchev–Trinajstić information content (AvgIpc) is 2.81. The highest BCUT2D eigenvalue weighted by atomic mass is 32.1. The second-order valence-electron chi connectivity index (χ2n) is 5.36. The minimum Gasteiger partial charge on any atom is -0.309 e. The zero-order valence-electron chi connectivity index (χ0n) is 9.92. The summed E-state index contributed by atoms with van der Waals surface area (Å²) < 4.78 is 0. The molecule has 1 aliphatic carbocycles. The number of rotatable bonds is 3. The first-order valence-electron chi connectivity index (χ1n) is 5.81. The van der Waals surface area contributed by atoms with Gasteiger partial charge in [0.1, 0.15) is 10.9 Å². The predicted molar refractivity (Wildman–Crippen MR) is 67.3 cm³/mol. The fourth-order valence-corrected chi connectivity index (χ4v) is 3.14. The van der Waals surface area contributed by atoms with Crippen molar-refractivity contribution >= 4 is 11.3 Å².